The fourth-order valence-corrected chi connectivity index (χ4v) is 4.35. The van der Waals surface area contributed by atoms with E-state index in [9.17, 15) is 18.8 Å². The third-order valence-electron chi connectivity index (χ3n) is 6.43. The lowest BCUT2D eigenvalue weighted by Crippen LogP contribution is -2.49. The highest BCUT2D eigenvalue weighted by Gasteiger charge is 2.28. The molecule has 2 aromatic heterocycles. The molecule has 0 radical (unpaired) electrons. The van der Waals surface area contributed by atoms with Gasteiger partial charge in [0.25, 0.3) is 11.8 Å². The zero-order valence-electron chi connectivity index (χ0n) is 19.2. The summed E-state index contributed by atoms with van der Waals surface area (Å²) in [6.45, 7) is 1.89. The van der Waals surface area contributed by atoms with Gasteiger partial charge in [0.2, 0.25) is 0 Å². The number of nitrogens with zero attached hydrogens (tertiary/aromatic N) is 5. The first-order valence-corrected chi connectivity index (χ1v) is 11.7. The Morgan fingerprint density at radius 1 is 1.11 bits per heavy atom. The second kappa shape index (κ2) is 8.63. The summed E-state index contributed by atoms with van der Waals surface area (Å²) in [6, 6.07) is 7.72. The van der Waals surface area contributed by atoms with E-state index in [1.807, 2.05) is 6.07 Å². The van der Waals surface area contributed by atoms with Crippen molar-refractivity contribution in [3.63, 3.8) is 0 Å². The number of fused-ring (bicyclic) bond motifs is 1. The van der Waals surface area contributed by atoms with Crippen LogP contribution < -0.4 is 20.9 Å². The maximum absolute atomic E-state index is 14.1. The lowest BCUT2D eigenvalue weighted by atomic mass is 10.1. The Labute approximate surface area is 205 Å². The van der Waals surface area contributed by atoms with Gasteiger partial charge in [0.1, 0.15) is 23.1 Å². The Bertz CT molecular complexity index is 1420. The van der Waals surface area contributed by atoms with Crippen LogP contribution in [-0.4, -0.2) is 69.6 Å². The molecule has 184 valence electrons. The van der Waals surface area contributed by atoms with Crippen molar-refractivity contribution in [1.29, 1.82) is 0 Å². The monoisotopic (exact) mass is 490 g/mol. The smallest absolute Gasteiger partial charge is 0.326 e. The molecule has 1 aliphatic carbocycles. The molecule has 11 nitrogen and oxygen atoms in total. The van der Waals surface area contributed by atoms with Crippen LogP contribution in [0.4, 0.5) is 20.8 Å². The molecule has 4 amide bonds. The highest BCUT2D eigenvalue weighted by molar-refractivity contribution is 6.14. The molecule has 4 heterocycles. The third-order valence-corrected chi connectivity index (χ3v) is 6.43. The molecule has 0 unspecified atom stereocenters. The lowest BCUT2D eigenvalue weighted by molar-refractivity contribution is -0.115. The number of benzene rings is 1. The predicted molar refractivity (Wildman–Crippen MR) is 129 cm³/mol. The molecule has 0 atom stereocenters. The maximum Gasteiger partial charge on any atom is 0.326 e. The number of imide groups is 1. The van der Waals surface area contributed by atoms with E-state index < -0.39 is 17.8 Å². The van der Waals surface area contributed by atoms with Gasteiger partial charge in [-0.2, -0.15) is 9.61 Å². The molecule has 0 bridgehead atoms. The van der Waals surface area contributed by atoms with E-state index in [0.717, 1.165) is 18.7 Å². The van der Waals surface area contributed by atoms with E-state index in [0.29, 0.717) is 49.2 Å². The fourth-order valence-electron chi connectivity index (χ4n) is 4.35. The molecular weight excluding hydrogens is 467 g/mol. The van der Waals surface area contributed by atoms with E-state index >= 15 is 0 Å². The van der Waals surface area contributed by atoms with Gasteiger partial charge in [0.15, 0.2) is 5.65 Å². The Hall–Kier alpha value is -4.48. The van der Waals surface area contributed by atoms with Crippen LogP contribution in [0.25, 0.3) is 11.7 Å². The highest BCUT2D eigenvalue weighted by atomic mass is 19.1. The molecule has 2 aliphatic heterocycles. The zero-order valence-corrected chi connectivity index (χ0v) is 19.2. The molecule has 12 heteroatoms. The first-order chi connectivity index (χ1) is 17.5. The number of hydrogen-bond acceptors (Lipinski definition) is 7. The summed E-state index contributed by atoms with van der Waals surface area (Å²) in [5.74, 6) is 0.106. The minimum Gasteiger partial charge on any atom is -0.367 e. The van der Waals surface area contributed by atoms with Gasteiger partial charge >= 0.3 is 6.03 Å². The number of halogens is 1. The number of hydrogen-bond donors (Lipinski definition) is 3. The summed E-state index contributed by atoms with van der Waals surface area (Å²) in [5, 5.41) is 12.6. The van der Waals surface area contributed by atoms with Gasteiger partial charge in [-0.25, -0.2) is 14.2 Å². The van der Waals surface area contributed by atoms with Gasteiger partial charge in [0.05, 0.1) is 11.8 Å². The normalized spacial score (nSPS) is 19.1. The molecule has 6 rings (SSSR count). The van der Waals surface area contributed by atoms with Gasteiger partial charge in [-0.3, -0.25) is 14.9 Å². The van der Waals surface area contributed by atoms with Crippen LogP contribution in [0, 0.1) is 5.82 Å². The number of amides is 4. The summed E-state index contributed by atoms with van der Waals surface area (Å²) in [4.78, 5) is 44.8. The largest absolute Gasteiger partial charge is 0.367 e. The van der Waals surface area contributed by atoms with Crippen molar-refractivity contribution < 1.29 is 18.8 Å². The average Bonchev–Trinajstić information content (AvgIpc) is 3.51. The summed E-state index contributed by atoms with van der Waals surface area (Å²) >= 11 is 0. The third kappa shape index (κ3) is 4.10. The van der Waals surface area contributed by atoms with Crippen molar-refractivity contribution in [2.24, 2.45) is 0 Å². The van der Waals surface area contributed by atoms with Crippen molar-refractivity contribution in [3.8, 4) is 0 Å². The van der Waals surface area contributed by atoms with Crippen LogP contribution in [0.1, 0.15) is 28.8 Å². The van der Waals surface area contributed by atoms with Crippen molar-refractivity contribution >= 4 is 41.2 Å². The van der Waals surface area contributed by atoms with Gasteiger partial charge in [-0.15, -0.1) is 0 Å². The number of nitrogens with one attached hydrogen (secondary N) is 3. The predicted octanol–water partition coefficient (Wildman–Crippen LogP) is 1.59. The number of carbonyl (C=O) groups is 3. The molecule has 36 heavy (non-hydrogen) atoms. The van der Waals surface area contributed by atoms with Crippen molar-refractivity contribution in [1.82, 2.24) is 30.1 Å². The van der Waals surface area contributed by atoms with Crippen LogP contribution in [0.5, 0.6) is 0 Å². The standard InChI is InChI=1S/C24H23FN8O3/c25-17-4-2-1-3-16(17)23(35)32-9-7-31(8-10-32)19-12-20(27-15-5-6-15)33-21(29-19)14(13-26-33)11-18-22(34)30-24(36)28-18/h1-4,11-13,15,27H,5-10H2,(H2,28,30,34,36)/b18-11+. The molecule has 0 spiro atoms. The minimum atomic E-state index is -0.574. The van der Waals surface area contributed by atoms with Crippen LogP contribution in [0.2, 0.25) is 0 Å². The average molecular weight is 490 g/mol. The number of piperazine rings is 1. The van der Waals surface area contributed by atoms with E-state index in [-0.39, 0.29) is 17.2 Å². The summed E-state index contributed by atoms with van der Waals surface area (Å²) < 4.78 is 15.8. The number of urea groups is 1. The Kier molecular flexibility index (Phi) is 5.28. The van der Waals surface area contributed by atoms with Crippen molar-refractivity contribution in [2.75, 3.05) is 36.4 Å². The fraction of sp³-hybridized carbons (Fsp3) is 0.292. The molecular formula is C24H23FN8O3. The summed E-state index contributed by atoms with van der Waals surface area (Å²) in [7, 11) is 0. The quantitative estimate of drug-likeness (QED) is 0.367. The highest BCUT2D eigenvalue weighted by Crippen LogP contribution is 2.29. The SMILES string of the molecule is O=C1NC(=O)/C(=C\c2cnn3c(NC4CC4)cc(N4CCN(C(=O)c5ccccc5F)CC4)nc23)N1. The first kappa shape index (κ1) is 22.0. The second-order valence-electron chi connectivity index (χ2n) is 8.98. The molecule has 3 aromatic rings. The first-order valence-electron chi connectivity index (χ1n) is 11.7. The Morgan fingerprint density at radius 2 is 1.89 bits per heavy atom. The Balaban J connectivity index is 1.28. The topological polar surface area (TPSA) is 124 Å². The number of carbonyl (C=O) groups excluding carboxylic acids is 3. The van der Waals surface area contributed by atoms with Crippen LogP contribution in [0.15, 0.2) is 42.2 Å². The molecule has 3 fully saturated rings. The van der Waals surface area contributed by atoms with E-state index in [1.54, 1.807) is 33.8 Å². The van der Waals surface area contributed by atoms with Crippen molar-refractivity contribution in [3.05, 3.63) is 59.2 Å². The lowest BCUT2D eigenvalue weighted by Gasteiger charge is -2.35. The Morgan fingerprint density at radius 3 is 2.58 bits per heavy atom. The molecule has 3 N–H and O–H groups in total. The summed E-state index contributed by atoms with van der Waals surface area (Å²) in [6.07, 6.45) is 5.28. The van der Waals surface area contributed by atoms with Crippen LogP contribution >= 0.6 is 0 Å². The zero-order chi connectivity index (χ0) is 24.8. The van der Waals surface area contributed by atoms with Crippen molar-refractivity contribution in [2.45, 2.75) is 18.9 Å². The minimum absolute atomic E-state index is 0.0707. The van der Waals surface area contributed by atoms with E-state index in [4.69, 9.17) is 4.98 Å². The molecule has 1 aromatic carbocycles. The van der Waals surface area contributed by atoms with Crippen LogP contribution in [-0.2, 0) is 4.79 Å². The number of anilines is 2. The van der Waals surface area contributed by atoms with Gasteiger partial charge < -0.3 is 20.4 Å². The molecule has 2 saturated heterocycles. The van der Waals surface area contributed by atoms with Gasteiger partial charge in [-0.1, -0.05) is 12.1 Å². The van der Waals surface area contributed by atoms with Crippen LogP contribution in [0.3, 0.4) is 0 Å². The van der Waals surface area contributed by atoms with Gasteiger partial charge in [-0.05, 0) is 31.1 Å². The maximum atomic E-state index is 14.1. The number of aromatic nitrogens is 3. The molecule has 3 aliphatic rings. The summed E-state index contributed by atoms with van der Waals surface area (Å²) in [5.41, 5.74) is 1.30. The second-order valence-corrected chi connectivity index (χ2v) is 8.98. The van der Waals surface area contributed by atoms with E-state index in [2.05, 4.69) is 25.9 Å². The molecule has 1 saturated carbocycles. The van der Waals surface area contributed by atoms with Gasteiger partial charge in [0, 0.05) is 43.9 Å². The van der Waals surface area contributed by atoms with E-state index in [1.165, 1.54) is 12.1 Å². The number of rotatable bonds is 5.